The minimum Gasteiger partial charge on any atom is -0.369 e. The van der Waals surface area contributed by atoms with Gasteiger partial charge in [-0.15, -0.1) is 0 Å². The highest BCUT2D eigenvalue weighted by molar-refractivity contribution is 9.10. The molecule has 0 radical (unpaired) electrons. The highest BCUT2D eigenvalue weighted by Crippen LogP contribution is 2.35. The molecule has 2 rings (SSSR count). The van der Waals surface area contributed by atoms with Crippen LogP contribution in [-0.2, 0) is 0 Å². The molecule has 3 heteroatoms. The van der Waals surface area contributed by atoms with E-state index in [1.54, 1.807) is 0 Å². The lowest BCUT2D eigenvalue weighted by atomic mass is 10.3. The van der Waals surface area contributed by atoms with Crippen LogP contribution in [0, 0.1) is 0 Å². The van der Waals surface area contributed by atoms with Crippen molar-refractivity contribution in [1.29, 1.82) is 0 Å². The molecule has 0 saturated carbocycles. The Morgan fingerprint density at radius 1 is 1.23 bits per heavy atom. The molecule has 0 N–H and O–H groups in total. The van der Waals surface area contributed by atoms with Gasteiger partial charge in [0.25, 0.3) is 0 Å². The van der Waals surface area contributed by atoms with E-state index in [1.807, 2.05) is 18.2 Å². The normalized spacial score (nSPS) is 16.6. The van der Waals surface area contributed by atoms with Gasteiger partial charge < -0.3 is 4.90 Å². The van der Waals surface area contributed by atoms with Gasteiger partial charge in [-0.05, 0) is 40.9 Å². The van der Waals surface area contributed by atoms with Gasteiger partial charge in [-0.1, -0.05) is 17.7 Å². The number of nitrogens with zero attached hydrogens (tertiary/aromatic N) is 1. The SMILES string of the molecule is Clc1cccc(Br)c1N1CCCC1. The quantitative estimate of drug-likeness (QED) is 0.744. The maximum Gasteiger partial charge on any atom is 0.0699 e. The van der Waals surface area contributed by atoms with Crippen molar-refractivity contribution in [2.45, 2.75) is 12.8 Å². The monoisotopic (exact) mass is 259 g/mol. The van der Waals surface area contributed by atoms with Gasteiger partial charge in [-0.25, -0.2) is 0 Å². The predicted octanol–water partition coefficient (Wildman–Crippen LogP) is 3.70. The molecule has 13 heavy (non-hydrogen) atoms. The van der Waals surface area contributed by atoms with E-state index in [4.69, 9.17) is 11.6 Å². The van der Waals surface area contributed by atoms with Crippen molar-refractivity contribution in [3.63, 3.8) is 0 Å². The molecule has 0 bridgehead atoms. The summed E-state index contributed by atoms with van der Waals surface area (Å²) in [6.07, 6.45) is 2.55. The van der Waals surface area contributed by atoms with E-state index in [2.05, 4.69) is 20.8 Å². The van der Waals surface area contributed by atoms with E-state index < -0.39 is 0 Å². The molecule has 0 aromatic heterocycles. The molecule has 1 aliphatic heterocycles. The van der Waals surface area contributed by atoms with Crippen molar-refractivity contribution in [3.8, 4) is 0 Å². The number of halogens is 2. The molecule has 1 saturated heterocycles. The third kappa shape index (κ3) is 1.84. The van der Waals surface area contributed by atoms with Crippen LogP contribution in [0.25, 0.3) is 0 Å². The minimum atomic E-state index is 0.844. The lowest BCUT2D eigenvalue weighted by Crippen LogP contribution is -2.18. The topological polar surface area (TPSA) is 3.24 Å². The van der Waals surface area contributed by atoms with Crippen LogP contribution >= 0.6 is 27.5 Å². The molecular formula is C10H11BrClN. The second-order valence-electron chi connectivity index (χ2n) is 3.26. The van der Waals surface area contributed by atoms with E-state index in [-0.39, 0.29) is 0 Å². The van der Waals surface area contributed by atoms with Gasteiger partial charge in [-0.3, -0.25) is 0 Å². The summed E-state index contributed by atoms with van der Waals surface area (Å²) in [5.74, 6) is 0. The smallest absolute Gasteiger partial charge is 0.0699 e. The molecule has 1 fully saturated rings. The Morgan fingerprint density at radius 2 is 1.92 bits per heavy atom. The van der Waals surface area contributed by atoms with Gasteiger partial charge in [0.2, 0.25) is 0 Å². The maximum atomic E-state index is 6.14. The van der Waals surface area contributed by atoms with Gasteiger partial charge >= 0.3 is 0 Å². The Bertz CT molecular complexity index is 288. The van der Waals surface area contributed by atoms with E-state index >= 15 is 0 Å². The van der Waals surface area contributed by atoms with E-state index in [1.165, 1.54) is 12.8 Å². The number of hydrogen-bond donors (Lipinski definition) is 0. The fourth-order valence-corrected chi connectivity index (χ4v) is 2.76. The lowest BCUT2D eigenvalue weighted by molar-refractivity contribution is 0.949. The number of hydrogen-bond acceptors (Lipinski definition) is 1. The van der Waals surface area contributed by atoms with Gasteiger partial charge in [0, 0.05) is 17.6 Å². The van der Waals surface area contributed by atoms with Crippen LogP contribution in [0.15, 0.2) is 22.7 Å². The van der Waals surface area contributed by atoms with Crippen molar-refractivity contribution in [3.05, 3.63) is 27.7 Å². The zero-order chi connectivity index (χ0) is 9.26. The molecule has 1 nitrogen and oxygen atoms in total. The fourth-order valence-electron chi connectivity index (χ4n) is 1.73. The van der Waals surface area contributed by atoms with Crippen LogP contribution in [0.4, 0.5) is 5.69 Å². The first-order valence-corrected chi connectivity index (χ1v) is 5.65. The Hall–Kier alpha value is -0.210. The van der Waals surface area contributed by atoms with Crippen LogP contribution in [0.5, 0.6) is 0 Å². The van der Waals surface area contributed by atoms with Crippen molar-refractivity contribution < 1.29 is 0 Å². The Balaban J connectivity index is 2.37. The summed E-state index contributed by atoms with van der Waals surface area (Å²) in [4.78, 5) is 2.34. The molecule has 0 spiro atoms. The molecule has 0 unspecified atom stereocenters. The maximum absolute atomic E-state index is 6.14. The van der Waals surface area contributed by atoms with Crippen molar-refractivity contribution >= 4 is 33.2 Å². The second-order valence-corrected chi connectivity index (χ2v) is 4.53. The average molecular weight is 261 g/mol. The van der Waals surface area contributed by atoms with Crippen LogP contribution in [0.3, 0.4) is 0 Å². The Morgan fingerprint density at radius 3 is 2.54 bits per heavy atom. The number of para-hydroxylation sites is 1. The van der Waals surface area contributed by atoms with E-state index in [9.17, 15) is 0 Å². The third-order valence-electron chi connectivity index (χ3n) is 2.36. The summed E-state index contributed by atoms with van der Waals surface area (Å²) in [6.45, 7) is 2.25. The molecule has 1 heterocycles. The van der Waals surface area contributed by atoms with E-state index in [0.717, 1.165) is 28.3 Å². The molecule has 1 aromatic rings. The van der Waals surface area contributed by atoms with Crippen molar-refractivity contribution in [2.24, 2.45) is 0 Å². The zero-order valence-electron chi connectivity index (χ0n) is 7.26. The molecule has 1 aromatic carbocycles. The highest BCUT2D eigenvalue weighted by Gasteiger charge is 2.17. The summed E-state index contributed by atoms with van der Waals surface area (Å²) in [7, 11) is 0. The number of anilines is 1. The second kappa shape index (κ2) is 3.89. The minimum absolute atomic E-state index is 0.844. The number of benzene rings is 1. The first-order chi connectivity index (χ1) is 6.29. The lowest BCUT2D eigenvalue weighted by Gasteiger charge is -2.20. The summed E-state index contributed by atoms with van der Waals surface area (Å²) in [6, 6.07) is 5.95. The van der Waals surface area contributed by atoms with Crippen molar-refractivity contribution in [1.82, 2.24) is 0 Å². The summed E-state index contributed by atoms with van der Waals surface area (Å²) in [5.41, 5.74) is 1.15. The fraction of sp³-hybridized carbons (Fsp3) is 0.400. The van der Waals surface area contributed by atoms with Gasteiger partial charge in [0.05, 0.1) is 10.7 Å². The van der Waals surface area contributed by atoms with Gasteiger partial charge in [-0.2, -0.15) is 0 Å². The average Bonchev–Trinajstić information content (AvgIpc) is 2.57. The largest absolute Gasteiger partial charge is 0.369 e. The molecule has 70 valence electrons. The standard InChI is InChI=1S/C10H11BrClN/c11-8-4-3-5-9(12)10(8)13-6-1-2-7-13/h3-5H,1-2,6-7H2. The third-order valence-corrected chi connectivity index (χ3v) is 3.30. The van der Waals surface area contributed by atoms with Crippen LogP contribution in [-0.4, -0.2) is 13.1 Å². The summed E-state index contributed by atoms with van der Waals surface area (Å²) < 4.78 is 1.10. The van der Waals surface area contributed by atoms with Gasteiger partial charge in [0.1, 0.15) is 0 Å². The molecule has 1 aliphatic rings. The Labute approximate surface area is 91.8 Å². The first kappa shape index (κ1) is 9.35. The zero-order valence-corrected chi connectivity index (χ0v) is 9.61. The molecule has 0 amide bonds. The van der Waals surface area contributed by atoms with Crippen LogP contribution in [0.1, 0.15) is 12.8 Å². The molecule has 0 atom stereocenters. The Kier molecular flexibility index (Phi) is 2.80. The number of rotatable bonds is 1. The van der Waals surface area contributed by atoms with Crippen LogP contribution in [0.2, 0.25) is 5.02 Å². The first-order valence-electron chi connectivity index (χ1n) is 4.48. The summed E-state index contributed by atoms with van der Waals surface area (Å²) >= 11 is 9.67. The van der Waals surface area contributed by atoms with Crippen LogP contribution < -0.4 is 4.90 Å². The summed E-state index contributed by atoms with van der Waals surface area (Å²) in [5, 5.41) is 0.844. The molecule has 0 aliphatic carbocycles. The van der Waals surface area contributed by atoms with E-state index in [0.29, 0.717) is 0 Å². The highest BCUT2D eigenvalue weighted by atomic mass is 79.9. The van der Waals surface area contributed by atoms with Gasteiger partial charge in [0.15, 0.2) is 0 Å². The van der Waals surface area contributed by atoms with Crippen molar-refractivity contribution in [2.75, 3.05) is 18.0 Å². The predicted molar refractivity (Wildman–Crippen MR) is 60.6 cm³/mol. The molecular weight excluding hydrogens is 249 g/mol.